The Bertz CT molecular complexity index is 306. The summed E-state index contributed by atoms with van der Waals surface area (Å²) in [5.41, 5.74) is 0. The molecule has 0 aromatic carbocycles. The van der Waals surface area contributed by atoms with Crippen LogP contribution in [0.5, 0.6) is 0 Å². The molecule has 0 aliphatic rings. The van der Waals surface area contributed by atoms with Crippen molar-refractivity contribution < 1.29 is 4.79 Å². The molecular weight excluding hydrogens is 206 g/mol. The highest BCUT2D eigenvalue weighted by Crippen LogP contribution is 2.17. The van der Waals surface area contributed by atoms with Gasteiger partial charge in [-0.2, -0.15) is 0 Å². The predicted molar refractivity (Wildman–Crippen MR) is 65.6 cm³/mol. The number of Topliss-reactive ketones (excluding diaryl/α,β-unsaturated/α-hetero) is 1. The van der Waals surface area contributed by atoms with Crippen LogP contribution in [0.2, 0.25) is 0 Å². The molecule has 84 valence electrons. The second-order valence-electron chi connectivity index (χ2n) is 3.61. The van der Waals surface area contributed by atoms with Gasteiger partial charge in [0.05, 0.1) is 6.54 Å². The number of ketones is 1. The summed E-state index contributed by atoms with van der Waals surface area (Å²) in [4.78, 5) is 14.1. The number of aryl methyl sites for hydroxylation is 1. The Balaban J connectivity index is 2.31. The maximum absolute atomic E-state index is 11.5. The average Bonchev–Trinajstić information content (AvgIpc) is 2.66. The van der Waals surface area contributed by atoms with Gasteiger partial charge in [-0.3, -0.25) is 4.79 Å². The summed E-state index contributed by atoms with van der Waals surface area (Å²) < 4.78 is 0. The van der Waals surface area contributed by atoms with Crippen LogP contribution in [-0.4, -0.2) is 18.9 Å². The maximum Gasteiger partial charge on any atom is 0.151 e. The van der Waals surface area contributed by atoms with Crippen molar-refractivity contribution in [3.05, 3.63) is 21.9 Å². The Morgan fingerprint density at radius 1 is 1.33 bits per heavy atom. The van der Waals surface area contributed by atoms with Crippen molar-refractivity contribution in [1.29, 1.82) is 0 Å². The van der Waals surface area contributed by atoms with E-state index in [1.807, 2.05) is 0 Å². The van der Waals surface area contributed by atoms with Gasteiger partial charge in [-0.1, -0.05) is 13.8 Å². The van der Waals surface area contributed by atoms with E-state index in [2.05, 4.69) is 31.3 Å². The van der Waals surface area contributed by atoms with Gasteiger partial charge in [-0.15, -0.1) is 11.3 Å². The normalized spacial score (nSPS) is 10.5. The first-order chi connectivity index (χ1) is 7.26. The first-order valence-electron chi connectivity index (χ1n) is 5.56. The molecule has 0 atom stereocenters. The third-order valence-electron chi connectivity index (χ3n) is 2.19. The van der Waals surface area contributed by atoms with Crippen LogP contribution in [0, 0.1) is 0 Å². The van der Waals surface area contributed by atoms with Gasteiger partial charge >= 0.3 is 0 Å². The Labute approximate surface area is 95.7 Å². The molecule has 15 heavy (non-hydrogen) atoms. The van der Waals surface area contributed by atoms with Crippen molar-refractivity contribution in [2.24, 2.45) is 0 Å². The van der Waals surface area contributed by atoms with E-state index in [1.54, 1.807) is 11.3 Å². The molecule has 2 nitrogen and oxygen atoms in total. The lowest BCUT2D eigenvalue weighted by Gasteiger charge is -2.00. The van der Waals surface area contributed by atoms with Crippen LogP contribution >= 0.6 is 11.3 Å². The van der Waals surface area contributed by atoms with Crippen molar-refractivity contribution in [3.63, 3.8) is 0 Å². The molecular formula is C12H19NOS. The van der Waals surface area contributed by atoms with Crippen molar-refractivity contribution >= 4 is 17.1 Å². The van der Waals surface area contributed by atoms with Crippen LogP contribution in [0.15, 0.2) is 12.1 Å². The second kappa shape index (κ2) is 6.75. The van der Waals surface area contributed by atoms with Crippen LogP contribution in [0.1, 0.15) is 30.0 Å². The van der Waals surface area contributed by atoms with Gasteiger partial charge in [-0.25, -0.2) is 0 Å². The van der Waals surface area contributed by atoms with Gasteiger partial charge in [-0.05, 0) is 31.5 Å². The van der Waals surface area contributed by atoms with Crippen LogP contribution in [-0.2, 0) is 17.6 Å². The highest BCUT2D eigenvalue weighted by molar-refractivity contribution is 7.12. The highest BCUT2D eigenvalue weighted by atomic mass is 32.1. The minimum Gasteiger partial charge on any atom is -0.310 e. The van der Waals surface area contributed by atoms with E-state index in [1.165, 1.54) is 9.75 Å². The molecule has 1 rings (SSSR count). The number of thiophene rings is 1. The number of hydrogen-bond acceptors (Lipinski definition) is 3. The van der Waals surface area contributed by atoms with Crippen LogP contribution in [0.4, 0.5) is 0 Å². The van der Waals surface area contributed by atoms with Gasteiger partial charge in [0.25, 0.3) is 0 Å². The number of carbonyl (C=O) groups excluding carboxylic acids is 1. The minimum absolute atomic E-state index is 0.285. The van der Waals surface area contributed by atoms with Gasteiger partial charge in [0, 0.05) is 16.2 Å². The predicted octanol–water partition coefficient (Wildman–Crippen LogP) is 2.42. The zero-order chi connectivity index (χ0) is 11.1. The van der Waals surface area contributed by atoms with Gasteiger partial charge in [0.15, 0.2) is 5.78 Å². The molecule has 0 spiro atoms. The monoisotopic (exact) mass is 225 g/mol. The fraction of sp³-hybridized carbons (Fsp3) is 0.583. The van der Waals surface area contributed by atoms with Crippen molar-refractivity contribution in [2.45, 2.75) is 33.1 Å². The minimum atomic E-state index is 0.285. The molecule has 1 aromatic rings. The smallest absolute Gasteiger partial charge is 0.151 e. The van der Waals surface area contributed by atoms with Crippen LogP contribution < -0.4 is 5.32 Å². The Morgan fingerprint density at radius 3 is 2.67 bits per heavy atom. The largest absolute Gasteiger partial charge is 0.310 e. The lowest BCUT2D eigenvalue weighted by Crippen LogP contribution is -2.24. The summed E-state index contributed by atoms with van der Waals surface area (Å²) in [7, 11) is 0. The summed E-state index contributed by atoms with van der Waals surface area (Å²) in [6.07, 6.45) is 2.72. The van der Waals surface area contributed by atoms with E-state index >= 15 is 0 Å². The average molecular weight is 225 g/mol. The maximum atomic E-state index is 11.5. The van der Waals surface area contributed by atoms with Crippen LogP contribution in [0.3, 0.4) is 0 Å². The Kier molecular flexibility index (Phi) is 5.58. The Hall–Kier alpha value is -0.670. The quantitative estimate of drug-likeness (QED) is 0.722. The number of hydrogen-bond donors (Lipinski definition) is 1. The molecule has 0 aliphatic heterocycles. The number of nitrogens with one attached hydrogen (secondary N) is 1. The van der Waals surface area contributed by atoms with E-state index < -0.39 is 0 Å². The van der Waals surface area contributed by atoms with E-state index in [4.69, 9.17) is 0 Å². The van der Waals surface area contributed by atoms with Crippen molar-refractivity contribution in [3.8, 4) is 0 Å². The fourth-order valence-corrected chi connectivity index (χ4v) is 2.36. The van der Waals surface area contributed by atoms with Crippen LogP contribution in [0.25, 0.3) is 0 Å². The summed E-state index contributed by atoms with van der Waals surface area (Å²) in [5.74, 6) is 0.285. The molecule has 0 unspecified atom stereocenters. The standard InChI is InChI=1S/C12H19NOS/c1-3-7-13-9-10(14)8-12-6-5-11(4-2)15-12/h5-6,13H,3-4,7-9H2,1-2H3. The first kappa shape index (κ1) is 12.4. The zero-order valence-electron chi connectivity index (χ0n) is 9.51. The summed E-state index contributed by atoms with van der Waals surface area (Å²) in [6, 6.07) is 4.19. The molecule has 0 aliphatic carbocycles. The first-order valence-corrected chi connectivity index (χ1v) is 6.38. The number of carbonyl (C=O) groups is 1. The lowest BCUT2D eigenvalue weighted by molar-refractivity contribution is -0.117. The Morgan fingerprint density at radius 2 is 2.07 bits per heavy atom. The van der Waals surface area contributed by atoms with Gasteiger partial charge in [0.1, 0.15) is 0 Å². The molecule has 0 saturated heterocycles. The summed E-state index contributed by atoms with van der Waals surface area (Å²) in [6.45, 7) is 5.67. The molecule has 0 saturated carbocycles. The highest BCUT2D eigenvalue weighted by Gasteiger charge is 2.05. The topological polar surface area (TPSA) is 29.1 Å². The molecule has 1 aromatic heterocycles. The third kappa shape index (κ3) is 4.58. The van der Waals surface area contributed by atoms with E-state index in [9.17, 15) is 4.79 Å². The fourth-order valence-electron chi connectivity index (χ4n) is 1.37. The molecule has 0 radical (unpaired) electrons. The summed E-state index contributed by atoms with van der Waals surface area (Å²) in [5, 5.41) is 3.13. The number of rotatable bonds is 7. The zero-order valence-corrected chi connectivity index (χ0v) is 10.3. The molecule has 0 amide bonds. The molecule has 0 bridgehead atoms. The van der Waals surface area contributed by atoms with Gasteiger partial charge < -0.3 is 5.32 Å². The SMILES string of the molecule is CCCNCC(=O)Cc1ccc(CC)s1. The molecule has 1 heterocycles. The molecule has 0 fully saturated rings. The summed E-state index contributed by atoms with van der Waals surface area (Å²) >= 11 is 1.75. The van der Waals surface area contributed by atoms with E-state index in [-0.39, 0.29) is 5.78 Å². The third-order valence-corrected chi connectivity index (χ3v) is 3.42. The van der Waals surface area contributed by atoms with Crippen molar-refractivity contribution in [2.75, 3.05) is 13.1 Å². The lowest BCUT2D eigenvalue weighted by atomic mass is 10.2. The second-order valence-corrected chi connectivity index (χ2v) is 4.87. The molecule has 3 heteroatoms. The van der Waals surface area contributed by atoms with Crippen molar-refractivity contribution in [1.82, 2.24) is 5.32 Å². The molecule has 1 N–H and O–H groups in total. The van der Waals surface area contributed by atoms with Gasteiger partial charge in [0.2, 0.25) is 0 Å². The van der Waals surface area contributed by atoms with E-state index in [0.29, 0.717) is 13.0 Å². The van der Waals surface area contributed by atoms with E-state index in [0.717, 1.165) is 19.4 Å².